The molecule has 0 aliphatic rings. The van der Waals surface area contributed by atoms with Gasteiger partial charge in [0.1, 0.15) is 5.75 Å². The molecule has 0 saturated heterocycles. The van der Waals surface area contributed by atoms with E-state index < -0.39 is 0 Å². The molecule has 0 radical (unpaired) electrons. The molecule has 19 heavy (non-hydrogen) atoms. The number of nitrogens with one attached hydrogen (secondary N) is 1. The Balaban J connectivity index is 2.34. The predicted octanol–water partition coefficient (Wildman–Crippen LogP) is 2.71. The first-order valence-electron chi connectivity index (χ1n) is 6.48. The maximum atomic E-state index is 9.28. The molecule has 0 bridgehead atoms. The fraction of sp³-hybridized carbons (Fsp3) is 0.375. The minimum absolute atomic E-state index is 0.112. The van der Waals surface area contributed by atoms with E-state index >= 15 is 0 Å². The Bertz CT molecular complexity index is 564. The first-order chi connectivity index (χ1) is 9.07. The largest absolute Gasteiger partial charge is 0.496 e. The Labute approximate surface area is 114 Å². The third-order valence-electron chi connectivity index (χ3n) is 3.35. The number of aliphatic hydroxyl groups excluding tert-OH is 1. The number of methoxy groups -OCH3 is 1. The summed E-state index contributed by atoms with van der Waals surface area (Å²) in [6, 6.07) is 12.3. The Morgan fingerprint density at radius 1 is 1.11 bits per heavy atom. The average Bonchev–Trinajstić information content (AvgIpc) is 2.44. The Morgan fingerprint density at radius 3 is 2.42 bits per heavy atom. The Kier molecular flexibility index (Phi) is 4.08. The molecule has 0 fully saturated rings. The van der Waals surface area contributed by atoms with E-state index in [1.54, 1.807) is 7.11 Å². The van der Waals surface area contributed by atoms with Crippen molar-refractivity contribution in [3.05, 3.63) is 42.0 Å². The zero-order valence-electron chi connectivity index (χ0n) is 11.7. The lowest BCUT2D eigenvalue weighted by Crippen LogP contribution is -2.42. The summed E-state index contributed by atoms with van der Waals surface area (Å²) in [5.74, 6) is 0.890. The maximum Gasteiger partial charge on any atom is 0.126 e. The lowest BCUT2D eigenvalue weighted by Gasteiger charge is -2.24. The summed E-state index contributed by atoms with van der Waals surface area (Å²) < 4.78 is 5.39. The summed E-state index contributed by atoms with van der Waals surface area (Å²) in [7, 11) is 1.69. The molecule has 0 heterocycles. The molecule has 0 amide bonds. The van der Waals surface area contributed by atoms with Crippen LogP contribution in [0.1, 0.15) is 19.4 Å². The van der Waals surface area contributed by atoms with Crippen LogP contribution in [0.5, 0.6) is 5.75 Å². The van der Waals surface area contributed by atoms with Crippen LogP contribution in [0.2, 0.25) is 0 Å². The van der Waals surface area contributed by atoms with E-state index in [1.165, 1.54) is 10.9 Å². The van der Waals surface area contributed by atoms with Crippen LogP contribution >= 0.6 is 0 Å². The molecule has 2 N–H and O–H groups in total. The zero-order valence-corrected chi connectivity index (χ0v) is 11.7. The smallest absolute Gasteiger partial charge is 0.126 e. The highest BCUT2D eigenvalue weighted by atomic mass is 16.5. The van der Waals surface area contributed by atoms with E-state index in [2.05, 4.69) is 23.5 Å². The minimum Gasteiger partial charge on any atom is -0.496 e. The van der Waals surface area contributed by atoms with Crippen LogP contribution in [0.25, 0.3) is 10.8 Å². The molecule has 0 aliphatic carbocycles. The van der Waals surface area contributed by atoms with Crippen LogP contribution < -0.4 is 10.1 Å². The van der Waals surface area contributed by atoms with Crippen molar-refractivity contribution in [2.75, 3.05) is 13.7 Å². The summed E-state index contributed by atoms with van der Waals surface area (Å²) in [4.78, 5) is 0. The summed E-state index contributed by atoms with van der Waals surface area (Å²) in [6.07, 6.45) is 0. The first-order valence-corrected chi connectivity index (χ1v) is 6.48. The molecule has 3 heteroatoms. The van der Waals surface area contributed by atoms with Gasteiger partial charge < -0.3 is 15.2 Å². The van der Waals surface area contributed by atoms with Gasteiger partial charge in [0.05, 0.1) is 13.7 Å². The van der Waals surface area contributed by atoms with Gasteiger partial charge in [0, 0.05) is 17.5 Å². The van der Waals surface area contributed by atoms with Gasteiger partial charge in [0.25, 0.3) is 0 Å². The molecule has 0 aliphatic heterocycles. The summed E-state index contributed by atoms with van der Waals surface area (Å²) in [6.45, 7) is 4.80. The topological polar surface area (TPSA) is 41.5 Å². The Morgan fingerprint density at radius 2 is 1.79 bits per heavy atom. The lowest BCUT2D eigenvalue weighted by atomic mass is 10.0. The lowest BCUT2D eigenvalue weighted by molar-refractivity contribution is 0.187. The van der Waals surface area contributed by atoms with Crippen molar-refractivity contribution < 1.29 is 9.84 Å². The normalized spacial score (nSPS) is 11.8. The fourth-order valence-electron chi connectivity index (χ4n) is 2.06. The maximum absolute atomic E-state index is 9.28. The van der Waals surface area contributed by atoms with E-state index in [4.69, 9.17) is 4.74 Å². The molecule has 0 atom stereocenters. The van der Waals surface area contributed by atoms with Gasteiger partial charge in [-0.3, -0.25) is 0 Å². The third-order valence-corrected chi connectivity index (χ3v) is 3.35. The van der Waals surface area contributed by atoms with Crippen LogP contribution in [0.3, 0.4) is 0 Å². The van der Waals surface area contributed by atoms with Gasteiger partial charge in [-0.2, -0.15) is 0 Å². The third kappa shape index (κ3) is 3.06. The highest BCUT2D eigenvalue weighted by molar-refractivity contribution is 5.91. The number of aliphatic hydroxyl groups is 1. The van der Waals surface area contributed by atoms with E-state index in [-0.39, 0.29) is 12.1 Å². The molecular formula is C16H21NO2. The van der Waals surface area contributed by atoms with Crippen molar-refractivity contribution in [1.29, 1.82) is 0 Å². The molecule has 0 unspecified atom stereocenters. The number of benzene rings is 2. The Hall–Kier alpha value is -1.58. The molecule has 0 saturated carbocycles. The van der Waals surface area contributed by atoms with Crippen molar-refractivity contribution in [2.45, 2.75) is 25.9 Å². The summed E-state index contributed by atoms with van der Waals surface area (Å²) in [5.41, 5.74) is 0.930. The molecular weight excluding hydrogens is 238 g/mol. The molecule has 2 aromatic rings. The van der Waals surface area contributed by atoms with Crippen molar-refractivity contribution >= 4 is 10.8 Å². The molecule has 102 valence electrons. The van der Waals surface area contributed by atoms with Crippen LogP contribution in [0, 0.1) is 0 Å². The average molecular weight is 259 g/mol. The monoisotopic (exact) mass is 259 g/mol. The number of hydrogen-bond acceptors (Lipinski definition) is 3. The van der Waals surface area contributed by atoms with Crippen LogP contribution in [0.15, 0.2) is 36.4 Å². The fourth-order valence-corrected chi connectivity index (χ4v) is 2.06. The number of hydrogen-bond donors (Lipinski definition) is 2. The highest BCUT2D eigenvalue weighted by Gasteiger charge is 2.15. The second-order valence-corrected chi connectivity index (χ2v) is 5.37. The van der Waals surface area contributed by atoms with Gasteiger partial charge in [-0.25, -0.2) is 0 Å². The molecule has 2 rings (SSSR count). The van der Waals surface area contributed by atoms with Crippen LogP contribution in [-0.2, 0) is 6.54 Å². The summed E-state index contributed by atoms with van der Waals surface area (Å²) >= 11 is 0. The molecule has 3 nitrogen and oxygen atoms in total. The quantitative estimate of drug-likeness (QED) is 0.867. The zero-order chi connectivity index (χ0) is 13.9. The molecule has 0 aromatic heterocycles. The van der Waals surface area contributed by atoms with E-state index in [0.29, 0.717) is 0 Å². The van der Waals surface area contributed by atoms with Crippen molar-refractivity contribution in [3.8, 4) is 5.75 Å². The predicted molar refractivity (Wildman–Crippen MR) is 78.5 cm³/mol. The van der Waals surface area contributed by atoms with Gasteiger partial charge in [-0.1, -0.05) is 30.3 Å². The van der Waals surface area contributed by atoms with Crippen molar-refractivity contribution in [1.82, 2.24) is 5.32 Å². The highest BCUT2D eigenvalue weighted by Crippen LogP contribution is 2.28. The standard InChI is InChI=1S/C16H21NO2/c1-16(2,11-18)17-10-12-8-9-15(19-3)14-7-5-4-6-13(12)14/h4-9,17-18H,10-11H2,1-3H3. The van der Waals surface area contributed by atoms with Crippen molar-refractivity contribution in [2.24, 2.45) is 0 Å². The first kappa shape index (κ1) is 13.8. The number of ether oxygens (including phenoxy) is 1. The van der Waals surface area contributed by atoms with Gasteiger partial charge in [0.15, 0.2) is 0 Å². The van der Waals surface area contributed by atoms with E-state index in [9.17, 15) is 5.11 Å². The van der Waals surface area contributed by atoms with E-state index in [1.807, 2.05) is 32.0 Å². The van der Waals surface area contributed by atoms with E-state index in [0.717, 1.165) is 17.7 Å². The van der Waals surface area contributed by atoms with Gasteiger partial charge in [0.2, 0.25) is 0 Å². The van der Waals surface area contributed by atoms with Gasteiger partial charge >= 0.3 is 0 Å². The van der Waals surface area contributed by atoms with Gasteiger partial charge in [-0.15, -0.1) is 0 Å². The second-order valence-electron chi connectivity index (χ2n) is 5.37. The van der Waals surface area contributed by atoms with Crippen molar-refractivity contribution in [3.63, 3.8) is 0 Å². The van der Waals surface area contributed by atoms with Crippen LogP contribution in [0.4, 0.5) is 0 Å². The van der Waals surface area contributed by atoms with Crippen LogP contribution in [-0.4, -0.2) is 24.4 Å². The SMILES string of the molecule is COc1ccc(CNC(C)(C)CO)c2ccccc12. The molecule has 0 spiro atoms. The summed E-state index contributed by atoms with van der Waals surface area (Å²) in [5, 5.41) is 14.9. The number of fused-ring (bicyclic) bond motifs is 1. The number of rotatable bonds is 5. The second kappa shape index (κ2) is 5.59. The van der Waals surface area contributed by atoms with Gasteiger partial charge in [-0.05, 0) is 30.9 Å². The molecule has 2 aromatic carbocycles. The minimum atomic E-state index is -0.277.